The molecule has 1 aromatic rings. The van der Waals surface area contributed by atoms with Crippen molar-refractivity contribution in [1.29, 1.82) is 0 Å². The summed E-state index contributed by atoms with van der Waals surface area (Å²) < 4.78 is 39.5. The van der Waals surface area contributed by atoms with Crippen LogP contribution in [-0.2, 0) is 16.5 Å². The first-order valence-corrected chi connectivity index (χ1v) is 6.87. The number of piperidine rings is 1. The molecule has 1 aliphatic heterocycles. The molecule has 0 radical (unpaired) electrons. The van der Waals surface area contributed by atoms with Gasteiger partial charge in [-0.05, 0) is 24.5 Å². The third-order valence-corrected chi connectivity index (χ3v) is 4.38. The van der Waals surface area contributed by atoms with E-state index in [1.165, 1.54) is 6.07 Å². The molecule has 0 unspecified atom stereocenters. The van der Waals surface area contributed by atoms with Crippen LogP contribution in [0.1, 0.15) is 36.8 Å². The van der Waals surface area contributed by atoms with Crippen LogP contribution < -0.4 is 0 Å². The minimum atomic E-state index is -4.32. The lowest BCUT2D eigenvalue weighted by Gasteiger charge is -2.36. The Kier molecular flexibility index (Phi) is 3.12. The van der Waals surface area contributed by atoms with Crippen LogP contribution >= 0.6 is 0 Å². The fourth-order valence-electron chi connectivity index (χ4n) is 3.19. The van der Waals surface area contributed by atoms with E-state index >= 15 is 0 Å². The van der Waals surface area contributed by atoms with Gasteiger partial charge >= 0.3 is 6.18 Å². The van der Waals surface area contributed by atoms with Gasteiger partial charge in [0.15, 0.2) is 0 Å². The summed E-state index contributed by atoms with van der Waals surface area (Å²) in [6.07, 6.45) is -1.92. The normalized spacial score (nSPS) is 22.9. The van der Waals surface area contributed by atoms with Crippen molar-refractivity contribution in [3.63, 3.8) is 0 Å². The zero-order valence-electron chi connectivity index (χ0n) is 11.0. The molecule has 0 N–H and O–H groups in total. The van der Waals surface area contributed by atoms with Crippen LogP contribution in [0.15, 0.2) is 24.3 Å². The van der Waals surface area contributed by atoms with Gasteiger partial charge in [0.2, 0.25) is 0 Å². The van der Waals surface area contributed by atoms with Crippen LogP contribution in [0, 0.1) is 0 Å². The van der Waals surface area contributed by atoms with E-state index in [1.54, 1.807) is 12.1 Å². The molecule has 0 amide bonds. The number of alkyl halides is 3. The Morgan fingerprint density at radius 1 is 1.05 bits per heavy atom. The van der Waals surface area contributed by atoms with Crippen molar-refractivity contribution in [2.24, 2.45) is 0 Å². The van der Waals surface area contributed by atoms with Crippen LogP contribution in [0.25, 0.3) is 0 Å². The Morgan fingerprint density at radius 3 is 2.20 bits per heavy atom. The third kappa shape index (κ3) is 2.24. The topological polar surface area (TPSA) is 20.3 Å². The molecule has 5 heteroatoms. The highest BCUT2D eigenvalue weighted by molar-refractivity contribution is 5.79. The highest BCUT2D eigenvalue weighted by atomic mass is 19.4. The average Bonchev–Trinajstić information content (AvgIpc) is 3.20. The summed E-state index contributed by atoms with van der Waals surface area (Å²) in [7, 11) is 0. The lowest BCUT2D eigenvalue weighted by Crippen LogP contribution is -2.42. The van der Waals surface area contributed by atoms with Crippen molar-refractivity contribution in [3.8, 4) is 0 Å². The number of ketones is 1. The van der Waals surface area contributed by atoms with Crippen molar-refractivity contribution < 1.29 is 18.0 Å². The fraction of sp³-hybridized carbons (Fsp3) is 0.533. The summed E-state index contributed by atoms with van der Waals surface area (Å²) in [5.41, 5.74) is -0.649. The Bertz CT molecular complexity index is 524. The number of hydrogen-bond acceptors (Lipinski definition) is 2. The average molecular weight is 283 g/mol. The van der Waals surface area contributed by atoms with Crippen molar-refractivity contribution in [2.45, 2.75) is 37.4 Å². The number of benzene rings is 1. The van der Waals surface area contributed by atoms with E-state index in [1.807, 2.05) is 0 Å². The first-order chi connectivity index (χ1) is 9.43. The third-order valence-electron chi connectivity index (χ3n) is 4.38. The molecule has 108 valence electrons. The van der Waals surface area contributed by atoms with Gasteiger partial charge in [-0.2, -0.15) is 13.2 Å². The van der Waals surface area contributed by atoms with Gasteiger partial charge in [-0.3, -0.25) is 9.69 Å². The van der Waals surface area contributed by atoms with Crippen LogP contribution in [-0.4, -0.2) is 23.8 Å². The van der Waals surface area contributed by atoms with Crippen molar-refractivity contribution in [2.75, 3.05) is 13.1 Å². The number of rotatable bonds is 2. The molecule has 2 fully saturated rings. The standard InChI is InChI=1S/C15H16F3NO/c16-15(17,18)13-4-2-1-3-12(13)14(7-8-14)19-9-5-11(20)6-10-19/h1-4H,5-10H2. The van der Waals surface area contributed by atoms with Gasteiger partial charge in [0, 0.05) is 31.5 Å². The van der Waals surface area contributed by atoms with E-state index in [2.05, 4.69) is 4.90 Å². The van der Waals surface area contributed by atoms with Crippen molar-refractivity contribution >= 4 is 5.78 Å². The highest BCUT2D eigenvalue weighted by Gasteiger charge is 2.53. The molecular formula is C15H16F3NO. The van der Waals surface area contributed by atoms with Gasteiger partial charge in [-0.25, -0.2) is 0 Å². The lowest BCUT2D eigenvalue weighted by molar-refractivity contribution is -0.139. The highest BCUT2D eigenvalue weighted by Crippen LogP contribution is 2.54. The second-order valence-electron chi connectivity index (χ2n) is 5.60. The van der Waals surface area contributed by atoms with Gasteiger partial charge in [0.25, 0.3) is 0 Å². The van der Waals surface area contributed by atoms with E-state index in [4.69, 9.17) is 0 Å². The Morgan fingerprint density at radius 2 is 1.65 bits per heavy atom. The van der Waals surface area contributed by atoms with Gasteiger partial charge in [0.05, 0.1) is 5.56 Å². The molecule has 1 aromatic carbocycles. The maximum atomic E-state index is 13.2. The number of halogens is 3. The van der Waals surface area contributed by atoms with Crippen LogP contribution in [0.5, 0.6) is 0 Å². The summed E-state index contributed by atoms with van der Waals surface area (Å²) in [6.45, 7) is 1.15. The molecule has 2 aliphatic rings. The van der Waals surface area contributed by atoms with Crippen LogP contribution in [0.4, 0.5) is 13.2 Å². The number of carbonyl (C=O) groups excluding carboxylic acids is 1. The van der Waals surface area contributed by atoms with Crippen LogP contribution in [0.2, 0.25) is 0 Å². The predicted molar refractivity (Wildman–Crippen MR) is 68.2 cm³/mol. The van der Waals surface area contributed by atoms with Gasteiger partial charge in [-0.15, -0.1) is 0 Å². The maximum absolute atomic E-state index is 13.2. The molecular weight excluding hydrogens is 267 g/mol. The first-order valence-electron chi connectivity index (χ1n) is 6.87. The molecule has 0 spiro atoms. The Labute approximate surface area is 115 Å². The SMILES string of the molecule is O=C1CCN(C2(c3ccccc3C(F)(F)F)CC2)CC1. The Balaban J connectivity index is 1.95. The molecule has 1 heterocycles. The smallest absolute Gasteiger partial charge is 0.300 e. The van der Waals surface area contributed by atoms with E-state index in [0.717, 1.165) is 18.9 Å². The fourth-order valence-corrected chi connectivity index (χ4v) is 3.19. The summed E-state index contributed by atoms with van der Waals surface area (Å²) >= 11 is 0. The van der Waals surface area contributed by atoms with Gasteiger partial charge < -0.3 is 0 Å². The molecule has 3 rings (SSSR count). The number of likely N-dealkylation sites (tertiary alicyclic amines) is 1. The number of carbonyl (C=O) groups is 1. The quantitative estimate of drug-likeness (QED) is 0.829. The zero-order valence-corrected chi connectivity index (χ0v) is 11.0. The molecule has 0 bridgehead atoms. The second-order valence-corrected chi connectivity index (χ2v) is 5.60. The first kappa shape index (κ1) is 13.6. The molecule has 1 aliphatic carbocycles. The maximum Gasteiger partial charge on any atom is 0.416 e. The van der Waals surface area contributed by atoms with E-state index in [0.29, 0.717) is 31.5 Å². The molecule has 1 saturated carbocycles. The van der Waals surface area contributed by atoms with E-state index in [9.17, 15) is 18.0 Å². The molecule has 2 nitrogen and oxygen atoms in total. The van der Waals surface area contributed by atoms with Gasteiger partial charge in [-0.1, -0.05) is 18.2 Å². The monoisotopic (exact) mass is 283 g/mol. The Hall–Kier alpha value is -1.36. The number of hydrogen-bond donors (Lipinski definition) is 0. The molecule has 20 heavy (non-hydrogen) atoms. The lowest BCUT2D eigenvalue weighted by atomic mass is 9.94. The summed E-state index contributed by atoms with van der Waals surface area (Å²) in [6, 6.07) is 5.85. The van der Waals surface area contributed by atoms with E-state index in [-0.39, 0.29) is 5.78 Å². The minimum absolute atomic E-state index is 0.209. The largest absolute Gasteiger partial charge is 0.416 e. The van der Waals surface area contributed by atoms with Crippen LogP contribution in [0.3, 0.4) is 0 Å². The summed E-state index contributed by atoms with van der Waals surface area (Å²) in [5, 5.41) is 0. The van der Waals surface area contributed by atoms with Crippen molar-refractivity contribution in [1.82, 2.24) is 4.90 Å². The second kappa shape index (κ2) is 4.58. The predicted octanol–water partition coefficient (Wildman–Crippen LogP) is 3.36. The number of Topliss-reactive ketones (excluding diaryl/α,β-unsaturated/α-hetero) is 1. The molecule has 0 atom stereocenters. The summed E-state index contributed by atoms with van der Waals surface area (Å²) in [4.78, 5) is 13.4. The molecule has 1 saturated heterocycles. The number of nitrogens with zero attached hydrogens (tertiary/aromatic N) is 1. The van der Waals surface area contributed by atoms with E-state index < -0.39 is 17.3 Å². The van der Waals surface area contributed by atoms with Gasteiger partial charge in [0.1, 0.15) is 5.78 Å². The minimum Gasteiger partial charge on any atom is -0.300 e. The molecule has 0 aromatic heterocycles. The van der Waals surface area contributed by atoms with Crippen molar-refractivity contribution in [3.05, 3.63) is 35.4 Å². The zero-order chi connectivity index (χ0) is 14.4. The summed E-state index contributed by atoms with van der Waals surface area (Å²) in [5.74, 6) is 0.209.